The summed E-state index contributed by atoms with van der Waals surface area (Å²) in [6, 6.07) is 13.6. The molecule has 1 heteroatoms. The Labute approximate surface area is 207 Å². The quantitative estimate of drug-likeness (QED) is 0.152. The van der Waals surface area contributed by atoms with Gasteiger partial charge in [0, 0.05) is 0 Å². The van der Waals surface area contributed by atoms with Crippen LogP contribution in [-0.4, -0.2) is 11.7 Å². The van der Waals surface area contributed by atoms with Gasteiger partial charge in [-0.3, -0.25) is 0 Å². The van der Waals surface area contributed by atoms with Crippen LogP contribution in [0.1, 0.15) is 69.4 Å². The molecule has 1 N–H and O–H groups in total. The number of fused-ring (bicyclic) bond motifs is 1. The average Bonchev–Trinajstić information content (AvgIpc) is 2.86. The largest absolute Gasteiger partial charge is 0.392 e. The van der Waals surface area contributed by atoms with Gasteiger partial charge >= 0.3 is 0 Å². The first-order valence-corrected chi connectivity index (χ1v) is 12.7. The molecule has 2 aromatic carbocycles. The Balaban J connectivity index is 2.15. The van der Waals surface area contributed by atoms with Crippen LogP contribution in [0.2, 0.25) is 0 Å². The second-order valence-electron chi connectivity index (χ2n) is 8.83. The molecule has 180 valence electrons. The molecule has 0 bridgehead atoms. The van der Waals surface area contributed by atoms with Crippen LogP contribution in [0, 0.1) is 0 Å². The normalized spacial score (nSPS) is 12.5. The smallest absolute Gasteiger partial charge is 0.0639 e. The minimum Gasteiger partial charge on any atom is -0.392 e. The fourth-order valence-electron chi connectivity index (χ4n) is 3.87. The third kappa shape index (κ3) is 10.4. The van der Waals surface area contributed by atoms with Gasteiger partial charge in [0.25, 0.3) is 0 Å². The van der Waals surface area contributed by atoms with Crippen molar-refractivity contribution in [2.75, 3.05) is 6.61 Å². The minimum atomic E-state index is 0.0839. The van der Waals surface area contributed by atoms with E-state index in [4.69, 9.17) is 5.11 Å². The summed E-state index contributed by atoms with van der Waals surface area (Å²) in [5, 5.41) is 11.7. The molecule has 2 aromatic rings. The lowest BCUT2D eigenvalue weighted by molar-refractivity contribution is 0.326. The molecule has 0 saturated carbocycles. The van der Waals surface area contributed by atoms with Crippen LogP contribution in [-0.2, 0) is 6.42 Å². The molecule has 1 nitrogen and oxygen atoms in total. The predicted octanol–water partition coefficient (Wildman–Crippen LogP) is 9.31. The van der Waals surface area contributed by atoms with Crippen molar-refractivity contribution in [1.82, 2.24) is 0 Å². The molecular formula is C33H42O. The van der Waals surface area contributed by atoms with Gasteiger partial charge in [-0.1, -0.05) is 91.1 Å². The van der Waals surface area contributed by atoms with Gasteiger partial charge in [-0.15, -0.1) is 6.58 Å². The Bertz CT molecular complexity index is 1020. The molecule has 0 fully saturated rings. The van der Waals surface area contributed by atoms with E-state index in [1.807, 2.05) is 6.08 Å². The van der Waals surface area contributed by atoms with Gasteiger partial charge in [0.15, 0.2) is 0 Å². The number of benzene rings is 2. The number of hydrogen-bond acceptors (Lipinski definition) is 1. The third-order valence-corrected chi connectivity index (χ3v) is 5.94. The zero-order valence-electron chi connectivity index (χ0n) is 21.0. The monoisotopic (exact) mass is 454 g/mol. The second-order valence-corrected chi connectivity index (χ2v) is 8.83. The van der Waals surface area contributed by atoms with E-state index in [2.05, 4.69) is 99.0 Å². The maximum Gasteiger partial charge on any atom is 0.0639 e. The van der Waals surface area contributed by atoms with Crippen molar-refractivity contribution in [2.45, 2.75) is 64.7 Å². The molecule has 0 aromatic heterocycles. The summed E-state index contributed by atoms with van der Waals surface area (Å²) in [5.41, 5.74) is 4.75. The molecule has 2 rings (SSSR count). The molecule has 0 aliphatic carbocycles. The average molecular weight is 455 g/mol. The maximum atomic E-state index is 9.13. The Morgan fingerprint density at radius 3 is 2.44 bits per heavy atom. The van der Waals surface area contributed by atoms with Crippen LogP contribution in [0.4, 0.5) is 0 Å². The number of hydrogen-bond donors (Lipinski definition) is 1. The van der Waals surface area contributed by atoms with Crippen molar-refractivity contribution in [3.05, 3.63) is 115 Å². The molecule has 34 heavy (non-hydrogen) atoms. The van der Waals surface area contributed by atoms with Gasteiger partial charge in [0.05, 0.1) is 6.61 Å². The number of aryl methyl sites for hydroxylation is 1. The molecule has 0 unspecified atom stereocenters. The molecule has 0 heterocycles. The highest BCUT2D eigenvalue weighted by molar-refractivity contribution is 5.88. The highest BCUT2D eigenvalue weighted by Gasteiger charge is 2.02. The van der Waals surface area contributed by atoms with Gasteiger partial charge < -0.3 is 5.11 Å². The van der Waals surface area contributed by atoms with Crippen LogP contribution in [0.5, 0.6) is 0 Å². The molecule has 0 radical (unpaired) electrons. The molecule has 0 amide bonds. The van der Waals surface area contributed by atoms with E-state index < -0.39 is 0 Å². The molecule has 0 spiro atoms. The van der Waals surface area contributed by atoms with E-state index in [0.29, 0.717) is 0 Å². The highest BCUT2D eigenvalue weighted by atomic mass is 16.3. The summed E-state index contributed by atoms with van der Waals surface area (Å²) in [7, 11) is 0. The molecule has 0 saturated heterocycles. The number of unbranched alkanes of at least 4 members (excludes halogenated alkanes) is 4. The highest BCUT2D eigenvalue weighted by Crippen LogP contribution is 2.24. The van der Waals surface area contributed by atoms with Crippen LogP contribution in [0.15, 0.2) is 104 Å². The van der Waals surface area contributed by atoms with E-state index in [1.54, 1.807) is 0 Å². The van der Waals surface area contributed by atoms with Crippen LogP contribution in [0.25, 0.3) is 16.3 Å². The zero-order chi connectivity index (χ0) is 24.4. The van der Waals surface area contributed by atoms with E-state index >= 15 is 0 Å². The van der Waals surface area contributed by atoms with Gasteiger partial charge in [-0.05, 0) is 98.2 Å². The summed E-state index contributed by atoms with van der Waals surface area (Å²) >= 11 is 0. The lowest BCUT2D eigenvalue weighted by Gasteiger charge is -2.07. The van der Waals surface area contributed by atoms with E-state index in [1.165, 1.54) is 40.3 Å². The zero-order valence-corrected chi connectivity index (χ0v) is 21.0. The summed E-state index contributed by atoms with van der Waals surface area (Å²) in [5.74, 6) is 0. The Hall–Kier alpha value is -2.90. The third-order valence-electron chi connectivity index (χ3n) is 5.94. The minimum absolute atomic E-state index is 0.0839. The van der Waals surface area contributed by atoms with Crippen molar-refractivity contribution in [2.24, 2.45) is 0 Å². The molecular weight excluding hydrogens is 412 g/mol. The molecule has 0 aliphatic rings. The molecule has 0 atom stereocenters. The van der Waals surface area contributed by atoms with Gasteiger partial charge in [0.1, 0.15) is 0 Å². The lowest BCUT2D eigenvalue weighted by atomic mass is 9.98. The standard InChI is InChI=1S/C33H42O/c1-4-6-8-9-10-11-15-19-30(20-16-12-14-17-28(3)27-34)32-24-23-31-25-29(18-13-7-5-2)21-22-33(31)26-32/h4-5,7,11,15-16,19-26,34H,1,3,6,8-10,12-14,17-18,27H2,2H3/b7-5+,15-11+,20-16-,30-19+. The van der Waals surface area contributed by atoms with Crippen molar-refractivity contribution in [3.8, 4) is 0 Å². The predicted molar refractivity (Wildman–Crippen MR) is 152 cm³/mol. The van der Waals surface area contributed by atoms with Crippen molar-refractivity contribution >= 4 is 16.3 Å². The van der Waals surface area contributed by atoms with Crippen molar-refractivity contribution in [3.63, 3.8) is 0 Å². The Morgan fingerprint density at radius 1 is 0.882 bits per heavy atom. The van der Waals surface area contributed by atoms with Gasteiger partial charge in [-0.25, -0.2) is 0 Å². The van der Waals surface area contributed by atoms with E-state index in [9.17, 15) is 0 Å². The Kier molecular flexibility index (Phi) is 13.4. The fourth-order valence-corrected chi connectivity index (χ4v) is 3.87. The van der Waals surface area contributed by atoms with Crippen molar-refractivity contribution < 1.29 is 5.11 Å². The second kappa shape index (κ2) is 16.7. The number of allylic oxidation sites excluding steroid dienone is 9. The first kappa shape index (κ1) is 27.3. The van der Waals surface area contributed by atoms with E-state index in [0.717, 1.165) is 50.5 Å². The van der Waals surface area contributed by atoms with Crippen molar-refractivity contribution in [1.29, 1.82) is 0 Å². The fraction of sp³-hybridized carbons (Fsp3) is 0.333. The first-order chi connectivity index (χ1) is 16.7. The SMILES string of the molecule is C=CCCCC/C=C/C=C(\C=C/CCCC(=C)CO)c1ccc2cc(CC/C=C/C)ccc2c1. The van der Waals surface area contributed by atoms with Gasteiger partial charge in [-0.2, -0.15) is 0 Å². The summed E-state index contributed by atoms with van der Waals surface area (Å²) in [6.45, 7) is 9.84. The summed E-state index contributed by atoms with van der Waals surface area (Å²) in [4.78, 5) is 0. The summed E-state index contributed by atoms with van der Waals surface area (Å²) in [6.07, 6.45) is 27.1. The van der Waals surface area contributed by atoms with Crippen LogP contribution >= 0.6 is 0 Å². The lowest BCUT2D eigenvalue weighted by Crippen LogP contribution is -1.88. The summed E-state index contributed by atoms with van der Waals surface area (Å²) < 4.78 is 0. The molecule has 0 aliphatic heterocycles. The number of aliphatic hydroxyl groups excluding tert-OH is 1. The number of rotatable bonds is 16. The maximum absolute atomic E-state index is 9.13. The van der Waals surface area contributed by atoms with Crippen LogP contribution < -0.4 is 0 Å². The first-order valence-electron chi connectivity index (χ1n) is 12.7. The van der Waals surface area contributed by atoms with Crippen LogP contribution in [0.3, 0.4) is 0 Å². The van der Waals surface area contributed by atoms with Gasteiger partial charge in [0.2, 0.25) is 0 Å². The topological polar surface area (TPSA) is 20.2 Å². The Morgan fingerprint density at radius 2 is 1.65 bits per heavy atom. The van der Waals surface area contributed by atoms with E-state index in [-0.39, 0.29) is 6.61 Å². The number of aliphatic hydroxyl groups is 1.